The lowest BCUT2D eigenvalue weighted by Crippen LogP contribution is -2.49. The first-order valence-electron chi connectivity index (χ1n) is 12.7. The Morgan fingerprint density at radius 2 is 1.73 bits per heavy atom. The van der Waals surface area contributed by atoms with Crippen molar-refractivity contribution in [1.29, 1.82) is 0 Å². The topological polar surface area (TPSA) is 66.4 Å². The van der Waals surface area contributed by atoms with Crippen molar-refractivity contribution in [2.75, 3.05) is 31.1 Å². The lowest BCUT2D eigenvalue weighted by atomic mass is 9.89. The molecule has 0 N–H and O–H groups in total. The first-order chi connectivity index (χ1) is 17.9. The molecular formula is C28H29ClN4O2S2. The SMILES string of the molecule is CC1CCc2c(sc3nc(Cc4ccccc4)nc(N4CCN(S(=O)(=O)c5ccc(Cl)cc5)CC4)c23)C1. The molecule has 0 radical (unpaired) electrons. The molecule has 1 saturated heterocycles. The van der Waals surface area contributed by atoms with E-state index in [1.165, 1.54) is 27.8 Å². The van der Waals surface area contributed by atoms with Gasteiger partial charge in [0.1, 0.15) is 16.5 Å². The van der Waals surface area contributed by atoms with E-state index < -0.39 is 10.0 Å². The van der Waals surface area contributed by atoms with Crippen LogP contribution in [0.4, 0.5) is 5.82 Å². The Balaban J connectivity index is 1.33. The third-order valence-corrected chi connectivity index (χ3v) is 10.7. The number of hydrogen-bond acceptors (Lipinski definition) is 6. The average molecular weight is 553 g/mol. The predicted octanol–water partition coefficient (Wildman–Crippen LogP) is 5.57. The van der Waals surface area contributed by atoms with Crippen molar-refractivity contribution in [3.63, 3.8) is 0 Å². The monoisotopic (exact) mass is 552 g/mol. The van der Waals surface area contributed by atoms with E-state index in [1.807, 2.05) is 29.5 Å². The number of fused-ring (bicyclic) bond motifs is 3. The number of nitrogens with zero attached hydrogens (tertiary/aromatic N) is 4. The molecule has 37 heavy (non-hydrogen) atoms. The zero-order chi connectivity index (χ0) is 25.6. The summed E-state index contributed by atoms with van der Waals surface area (Å²) in [5, 5.41) is 1.70. The lowest BCUT2D eigenvalue weighted by Gasteiger charge is -2.35. The van der Waals surface area contributed by atoms with Gasteiger partial charge in [0.25, 0.3) is 0 Å². The molecule has 9 heteroatoms. The van der Waals surface area contributed by atoms with Gasteiger partial charge in [0.15, 0.2) is 0 Å². The Bertz CT molecular complexity index is 1530. The summed E-state index contributed by atoms with van der Waals surface area (Å²) in [6.07, 6.45) is 4.00. The molecular weight excluding hydrogens is 524 g/mol. The van der Waals surface area contributed by atoms with Crippen LogP contribution in [0, 0.1) is 5.92 Å². The van der Waals surface area contributed by atoms with Gasteiger partial charge in [0.05, 0.1) is 10.3 Å². The molecule has 3 heterocycles. The maximum Gasteiger partial charge on any atom is 0.243 e. The van der Waals surface area contributed by atoms with Crippen molar-refractivity contribution in [2.24, 2.45) is 5.92 Å². The van der Waals surface area contributed by atoms with Crippen LogP contribution < -0.4 is 4.90 Å². The molecule has 192 valence electrons. The van der Waals surface area contributed by atoms with Gasteiger partial charge in [-0.05, 0) is 60.6 Å². The third kappa shape index (κ3) is 4.88. The number of hydrogen-bond donors (Lipinski definition) is 0. The number of piperazine rings is 1. The van der Waals surface area contributed by atoms with Crippen LogP contribution in [0.25, 0.3) is 10.2 Å². The number of aromatic nitrogens is 2. The van der Waals surface area contributed by atoms with Crippen molar-refractivity contribution in [3.8, 4) is 0 Å². The average Bonchev–Trinajstić information content (AvgIpc) is 3.26. The molecule has 0 bridgehead atoms. The zero-order valence-corrected chi connectivity index (χ0v) is 23.1. The van der Waals surface area contributed by atoms with Gasteiger partial charge in [-0.3, -0.25) is 0 Å². The molecule has 1 atom stereocenters. The maximum atomic E-state index is 13.2. The van der Waals surface area contributed by atoms with E-state index in [9.17, 15) is 8.42 Å². The molecule has 2 aromatic carbocycles. The second-order valence-corrected chi connectivity index (χ2v) is 13.5. The summed E-state index contributed by atoms with van der Waals surface area (Å²) in [6.45, 7) is 4.32. The Hall–Kier alpha value is -2.52. The van der Waals surface area contributed by atoms with Crippen molar-refractivity contribution in [2.45, 2.75) is 37.5 Å². The van der Waals surface area contributed by atoms with Crippen molar-refractivity contribution in [1.82, 2.24) is 14.3 Å². The number of rotatable bonds is 5. The number of thiophene rings is 1. The molecule has 1 unspecified atom stereocenters. The van der Waals surface area contributed by atoms with E-state index in [0.717, 1.165) is 29.3 Å². The molecule has 1 fully saturated rings. The summed E-state index contributed by atoms with van der Waals surface area (Å²) >= 11 is 7.78. The normalized spacial score (nSPS) is 18.8. The van der Waals surface area contributed by atoms with Gasteiger partial charge in [0.2, 0.25) is 10.0 Å². The molecule has 4 aromatic rings. The number of sulfonamides is 1. The molecule has 6 nitrogen and oxygen atoms in total. The van der Waals surface area contributed by atoms with Crippen LogP contribution in [-0.4, -0.2) is 48.9 Å². The highest BCUT2D eigenvalue weighted by molar-refractivity contribution is 7.89. The Morgan fingerprint density at radius 1 is 1.00 bits per heavy atom. The largest absolute Gasteiger partial charge is 0.353 e. The molecule has 2 aromatic heterocycles. The van der Waals surface area contributed by atoms with Crippen LogP contribution in [0.1, 0.15) is 35.2 Å². The minimum Gasteiger partial charge on any atom is -0.353 e. The van der Waals surface area contributed by atoms with E-state index in [1.54, 1.807) is 28.6 Å². The van der Waals surface area contributed by atoms with E-state index in [4.69, 9.17) is 21.6 Å². The highest BCUT2D eigenvalue weighted by Crippen LogP contribution is 2.41. The van der Waals surface area contributed by atoms with Crippen LogP contribution in [-0.2, 0) is 29.3 Å². The van der Waals surface area contributed by atoms with Gasteiger partial charge in [-0.1, -0.05) is 48.9 Å². The second kappa shape index (κ2) is 9.98. The van der Waals surface area contributed by atoms with Gasteiger partial charge in [0, 0.05) is 42.5 Å². The molecule has 1 aliphatic heterocycles. The first kappa shape index (κ1) is 24.8. The zero-order valence-electron chi connectivity index (χ0n) is 20.7. The number of benzene rings is 2. The van der Waals surface area contributed by atoms with Crippen LogP contribution >= 0.6 is 22.9 Å². The molecule has 0 spiro atoms. The fraction of sp³-hybridized carbons (Fsp3) is 0.357. The molecule has 6 rings (SSSR count). The van der Waals surface area contributed by atoms with Gasteiger partial charge >= 0.3 is 0 Å². The van der Waals surface area contributed by atoms with Gasteiger partial charge in [-0.2, -0.15) is 4.31 Å². The van der Waals surface area contributed by atoms with Gasteiger partial charge in [-0.25, -0.2) is 18.4 Å². The molecule has 0 saturated carbocycles. The van der Waals surface area contributed by atoms with Gasteiger partial charge < -0.3 is 4.90 Å². The molecule has 1 aliphatic carbocycles. The van der Waals surface area contributed by atoms with E-state index >= 15 is 0 Å². The Morgan fingerprint density at radius 3 is 2.46 bits per heavy atom. The summed E-state index contributed by atoms with van der Waals surface area (Å²) in [6, 6.07) is 16.7. The summed E-state index contributed by atoms with van der Waals surface area (Å²) in [4.78, 5) is 15.2. The maximum absolute atomic E-state index is 13.2. The van der Waals surface area contributed by atoms with Crippen molar-refractivity contribution in [3.05, 3.63) is 81.4 Å². The minimum atomic E-state index is -3.57. The minimum absolute atomic E-state index is 0.279. The fourth-order valence-electron chi connectivity index (χ4n) is 5.35. The molecule has 2 aliphatic rings. The van der Waals surface area contributed by atoms with Crippen molar-refractivity contribution < 1.29 is 8.42 Å². The fourth-order valence-corrected chi connectivity index (χ4v) is 8.29. The van der Waals surface area contributed by atoms with Crippen LogP contribution in [0.15, 0.2) is 59.5 Å². The number of aryl methyl sites for hydroxylation is 1. The highest BCUT2D eigenvalue weighted by atomic mass is 35.5. The van der Waals surface area contributed by atoms with Crippen LogP contribution in [0.3, 0.4) is 0 Å². The third-order valence-electron chi connectivity index (χ3n) is 7.38. The number of halogens is 1. The van der Waals surface area contributed by atoms with E-state index in [-0.39, 0.29) is 4.90 Å². The summed E-state index contributed by atoms with van der Waals surface area (Å²) in [7, 11) is -3.57. The Labute approximate surface area is 227 Å². The quantitative estimate of drug-likeness (QED) is 0.324. The number of anilines is 1. The first-order valence-corrected chi connectivity index (χ1v) is 15.4. The highest BCUT2D eigenvalue weighted by Gasteiger charge is 2.31. The van der Waals surface area contributed by atoms with Crippen LogP contribution in [0.2, 0.25) is 5.02 Å². The van der Waals surface area contributed by atoms with Gasteiger partial charge in [-0.15, -0.1) is 11.3 Å². The lowest BCUT2D eigenvalue weighted by molar-refractivity contribution is 0.384. The standard InChI is InChI=1S/C28H29ClN4O2S2/c1-19-7-12-23-24(17-19)36-28-26(23)27(30-25(31-28)18-20-5-3-2-4-6-20)32-13-15-33(16-14-32)37(34,35)22-10-8-21(29)9-11-22/h2-6,8-11,19H,7,12-18H2,1H3. The van der Waals surface area contributed by atoms with Crippen LogP contribution in [0.5, 0.6) is 0 Å². The van der Waals surface area contributed by atoms with Crippen molar-refractivity contribution >= 4 is 49.0 Å². The smallest absolute Gasteiger partial charge is 0.243 e. The molecule has 0 amide bonds. The Kier molecular flexibility index (Phi) is 6.69. The summed E-state index contributed by atoms with van der Waals surface area (Å²) in [5.74, 6) is 2.46. The summed E-state index contributed by atoms with van der Waals surface area (Å²) in [5.41, 5.74) is 2.58. The summed E-state index contributed by atoms with van der Waals surface area (Å²) < 4.78 is 28.0. The van der Waals surface area contributed by atoms with E-state index in [2.05, 4.69) is 24.0 Å². The second-order valence-electron chi connectivity index (χ2n) is 10.0. The predicted molar refractivity (Wildman–Crippen MR) is 150 cm³/mol. The van der Waals surface area contributed by atoms with E-state index in [0.29, 0.717) is 43.5 Å².